The van der Waals surface area contributed by atoms with Gasteiger partial charge in [-0.05, 0) is 38.9 Å². The minimum Gasteiger partial charge on any atom is -0.355 e. The molecule has 1 aliphatic carbocycles. The average molecular weight is 230 g/mol. The summed E-state index contributed by atoms with van der Waals surface area (Å²) in [6, 6.07) is 0. The first-order chi connectivity index (χ1) is 7.03. The second-order valence-electron chi connectivity index (χ2n) is 4.81. The first-order valence-corrected chi connectivity index (χ1v) is 6.78. The lowest BCUT2D eigenvalue weighted by Gasteiger charge is -2.22. The fourth-order valence-electron chi connectivity index (χ4n) is 1.19. The lowest BCUT2D eigenvalue weighted by molar-refractivity contribution is -0.120. The van der Waals surface area contributed by atoms with Crippen LogP contribution in [0.1, 0.15) is 26.7 Å². The van der Waals surface area contributed by atoms with Gasteiger partial charge in [-0.1, -0.05) is 0 Å². The van der Waals surface area contributed by atoms with Gasteiger partial charge in [-0.25, -0.2) is 0 Å². The van der Waals surface area contributed by atoms with Gasteiger partial charge in [0.15, 0.2) is 0 Å². The van der Waals surface area contributed by atoms with E-state index in [9.17, 15) is 4.79 Å². The van der Waals surface area contributed by atoms with Gasteiger partial charge in [-0.3, -0.25) is 4.79 Å². The zero-order valence-electron chi connectivity index (χ0n) is 9.93. The Kier molecular flexibility index (Phi) is 4.93. The molecule has 0 atom stereocenters. The lowest BCUT2D eigenvalue weighted by atomic mass is 10.2. The van der Waals surface area contributed by atoms with Crippen molar-refractivity contribution >= 4 is 17.7 Å². The van der Waals surface area contributed by atoms with Crippen LogP contribution in [0, 0.1) is 5.92 Å². The van der Waals surface area contributed by atoms with Gasteiger partial charge in [0.1, 0.15) is 0 Å². The van der Waals surface area contributed by atoms with Gasteiger partial charge in [-0.2, -0.15) is 11.8 Å². The number of carbonyl (C=O) groups excluding carboxylic acids is 1. The first-order valence-electron chi connectivity index (χ1n) is 5.56. The standard InChI is InChI=1S/C11H22N2OS/c1-11(2,15-3)8-12-7-10(14)13-6-9-4-5-9/h9,12H,4-8H2,1-3H3,(H,13,14). The van der Waals surface area contributed by atoms with Gasteiger partial charge in [0.25, 0.3) is 0 Å². The topological polar surface area (TPSA) is 41.1 Å². The molecule has 0 aromatic rings. The first kappa shape index (κ1) is 12.8. The number of hydrogen-bond acceptors (Lipinski definition) is 3. The molecular formula is C11H22N2OS. The number of hydrogen-bond donors (Lipinski definition) is 2. The summed E-state index contributed by atoms with van der Waals surface area (Å²) in [6.07, 6.45) is 4.66. The molecule has 1 rings (SSSR count). The van der Waals surface area contributed by atoms with E-state index in [1.165, 1.54) is 12.8 Å². The molecule has 0 aromatic heterocycles. The highest BCUT2D eigenvalue weighted by atomic mass is 32.2. The van der Waals surface area contributed by atoms with Gasteiger partial charge in [0, 0.05) is 17.8 Å². The Labute approximate surface area is 96.8 Å². The third kappa shape index (κ3) is 6.05. The van der Waals surface area contributed by atoms with Crippen molar-refractivity contribution in [2.24, 2.45) is 5.92 Å². The number of nitrogens with one attached hydrogen (secondary N) is 2. The molecule has 88 valence electrons. The summed E-state index contributed by atoms with van der Waals surface area (Å²) >= 11 is 1.81. The smallest absolute Gasteiger partial charge is 0.233 e. The van der Waals surface area contributed by atoms with Crippen molar-refractivity contribution in [3.05, 3.63) is 0 Å². The maximum Gasteiger partial charge on any atom is 0.233 e. The molecule has 1 fully saturated rings. The second kappa shape index (κ2) is 5.75. The van der Waals surface area contributed by atoms with E-state index >= 15 is 0 Å². The van der Waals surface area contributed by atoms with Crippen molar-refractivity contribution in [2.75, 3.05) is 25.9 Å². The molecular weight excluding hydrogens is 208 g/mol. The summed E-state index contributed by atoms with van der Waals surface area (Å²) in [7, 11) is 0. The van der Waals surface area contributed by atoms with Crippen LogP contribution < -0.4 is 10.6 Å². The number of rotatable bonds is 7. The van der Waals surface area contributed by atoms with Crippen molar-refractivity contribution in [1.82, 2.24) is 10.6 Å². The highest BCUT2D eigenvalue weighted by Crippen LogP contribution is 2.27. The van der Waals surface area contributed by atoms with E-state index in [-0.39, 0.29) is 10.7 Å². The van der Waals surface area contributed by atoms with Crippen LogP contribution in [0.4, 0.5) is 0 Å². The summed E-state index contributed by atoms with van der Waals surface area (Å²) in [5.74, 6) is 0.885. The molecule has 1 saturated carbocycles. The number of amides is 1. The Bertz CT molecular complexity index is 215. The van der Waals surface area contributed by atoms with Crippen LogP contribution in [0.2, 0.25) is 0 Å². The molecule has 0 spiro atoms. The SMILES string of the molecule is CSC(C)(C)CNCC(=O)NCC1CC1. The summed E-state index contributed by atoms with van der Waals surface area (Å²) in [4.78, 5) is 11.4. The van der Waals surface area contributed by atoms with Crippen LogP contribution in [-0.4, -0.2) is 36.5 Å². The summed E-state index contributed by atoms with van der Waals surface area (Å²) < 4.78 is 0.205. The van der Waals surface area contributed by atoms with Gasteiger partial charge >= 0.3 is 0 Å². The van der Waals surface area contributed by atoms with E-state index in [0.29, 0.717) is 6.54 Å². The molecule has 0 aromatic carbocycles. The molecule has 0 aliphatic heterocycles. The van der Waals surface area contributed by atoms with Crippen LogP contribution in [0.5, 0.6) is 0 Å². The Morgan fingerprint density at radius 1 is 1.47 bits per heavy atom. The van der Waals surface area contributed by atoms with Crippen LogP contribution in [-0.2, 0) is 4.79 Å². The Balaban J connectivity index is 2.00. The van der Waals surface area contributed by atoms with Gasteiger partial charge in [0.2, 0.25) is 5.91 Å². The highest BCUT2D eigenvalue weighted by molar-refractivity contribution is 7.99. The molecule has 1 amide bonds. The summed E-state index contributed by atoms with van der Waals surface area (Å²) in [5.41, 5.74) is 0. The molecule has 1 aliphatic rings. The number of thioether (sulfide) groups is 1. The van der Waals surface area contributed by atoms with Crippen LogP contribution in [0.3, 0.4) is 0 Å². The number of carbonyl (C=O) groups is 1. The molecule has 0 saturated heterocycles. The Morgan fingerprint density at radius 3 is 2.67 bits per heavy atom. The van der Waals surface area contributed by atoms with Crippen molar-refractivity contribution in [3.63, 3.8) is 0 Å². The van der Waals surface area contributed by atoms with Crippen molar-refractivity contribution in [1.29, 1.82) is 0 Å². The third-order valence-corrected chi connectivity index (χ3v) is 3.92. The van der Waals surface area contributed by atoms with Gasteiger partial charge in [0.05, 0.1) is 6.54 Å². The zero-order chi connectivity index (χ0) is 11.3. The van der Waals surface area contributed by atoms with E-state index in [1.54, 1.807) is 0 Å². The maximum atomic E-state index is 11.4. The Morgan fingerprint density at radius 2 is 2.13 bits per heavy atom. The summed E-state index contributed by atoms with van der Waals surface area (Å²) in [6.45, 7) is 6.52. The molecule has 4 heteroatoms. The predicted octanol–water partition coefficient (Wildman–Crippen LogP) is 1.24. The van der Waals surface area contributed by atoms with Crippen LogP contribution >= 0.6 is 11.8 Å². The maximum absolute atomic E-state index is 11.4. The molecule has 3 nitrogen and oxygen atoms in total. The van der Waals surface area contributed by atoms with Crippen molar-refractivity contribution < 1.29 is 4.79 Å². The minimum atomic E-state index is 0.124. The van der Waals surface area contributed by atoms with E-state index in [1.807, 2.05) is 11.8 Å². The monoisotopic (exact) mass is 230 g/mol. The quantitative estimate of drug-likeness (QED) is 0.691. The van der Waals surface area contributed by atoms with Gasteiger partial charge in [-0.15, -0.1) is 0 Å². The molecule has 2 N–H and O–H groups in total. The van der Waals surface area contributed by atoms with Gasteiger partial charge < -0.3 is 10.6 Å². The lowest BCUT2D eigenvalue weighted by Crippen LogP contribution is -2.40. The molecule has 0 bridgehead atoms. The van der Waals surface area contributed by atoms with Crippen molar-refractivity contribution in [3.8, 4) is 0 Å². The molecule has 0 radical (unpaired) electrons. The van der Waals surface area contributed by atoms with Crippen molar-refractivity contribution in [2.45, 2.75) is 31.4 Å². The largest absolute Gasteiger partial charge is 0.355 e. The summed E-state index contributed by atoms with van der Waals surface area (Å²) in [5, 5.41) is 6.13. The highest BCUT2D eigenvalue weighted by Gasteiger charge is 2.21. The second-order valence-corrected chi connectivity index (χ2v) is 6.33. The molecule has 0 unspecified atom stereocenters. The van der Waals surface area contributed by atoms with E-state index in [0.717, 1.165) is 19.0 Å². The van der Waals surface area contributed by atoms with E-state index < -0.39 is 0 Å². The Hall–Kier alpha value is -0.220. The zero-order valence-corrected chi connectivity index (χ0v) is 10.7. The third-order valence-electron chi connectivity index (χ3n) is 2.67. The molecule has 15 heavy (non-hydrogen) atoms. The van der Waals surface area contributed by atoms with Crippen LogP contribution in [0.15, 0.2) is 0 Å². The fraction of sp³-hybridized carbons (Fsp3) is 0.909. The fourth-order valence-corrected chi connectivity index (χ4v) is 1.44. The predicted molar refractivity (Wildman–Crippen MR) is 66.2 cm³/mol. The minimum absolute atomic E-state index is 0.124. The van der Waals surface area contributed by atoms with Crippen LogP contribution in [0.25, 0.3) is 0 Å². The average Bonchev–Trinajstić information content (AvgIpc) is 2.98. The van der Waals surface area contributed by atoms with E-state index in [4.69, 9.17) is 0 Å². The normalized spacial score (nSPS) is 16.5. The molecule has 0 heterocycles. The van der Waals surface area contributed by atoms with E-state index in [2.05, 4.69) is 30.7 Å².